The first-order valence-electron chi connectivity index (χ1n) is 6.24. The molecule has 0 aliphatic heterocycles. The molecule has 0 atom stereocenters. The topological polar surface area (TPSA) is 55.5 Å². The summed E-state index contributed by atoms with van der Waals surface area (Å²) in [5.41, 5.74) is 0.395. The normalized spacial score (nSPS) is 11.8. The molecular weight excluding hydrogens is 297 g/mol. The van der Waals surface area contributed by atoms with Crippen molar-refractivity contribution in [1.29, 1.82) is 0 Å². The largest absolute Gasteiger partial charge is 0.416 e. The van der Waals surface area contributed by atoms with Gasteiger partial charge in [-0.3, -0.25) is 15.1 Å². The molecule has 114 valence electrons. The highest BCUT2D eigenvalue weighted by Gasteiger charge is 2.29. The van der Waals surface area contributed by atoms with E-state index in [0.29, 0.717) is 11.1 Å². The Morgan fingerprint density at radius 1 is 1.14 bits per heavy atom. The van der Waals surface area contributed by atoms with E-state index in [-0.39, 0.29) is 11.4 Å². The Bertz CT molecular complexity index is 723. The summed E-state index contributed by atoms with van der Waals surface area (Å²) in [6.45, 7) is 1.70. The first kappa shape index (κ1) is 15.7. The van der Waals surface area contributed by atoms with Gasteiger partial charge in [0.1, 0.15) is 0 Å². The first-order valence-corrected chi connectivity index (χ1v) is 6.24. The van der Waals surface area contributed by atoms with E-state index in [1.54, 1.807) is 19.1 Å². The quantitative estimate of drug-likeness (QED) is 0.470. The minimum atomic E-state index is -4.41. The van der Waals surface area contributed by atoms with Crippen LogP contribution in [-0.4, -0.2) is 11.1 Å². The Kier molecular flexibility index (Phi) is 4.25. The SMILES string of the molecule is Cc1cccc([N+](=O)[O-])c1/C=N/c1ccc(C(F)(F)F)cc1. The number of nitrogens with zero attached hydrogens (tertiary/aromatic N) is 2. The number of rotatable bonds is 3. The van der Waals surface area contributed by atoms with Crippen LogP contribution in [-0.2, 0) is 6.18 Å². The number of alkyl halides is 3. The molecule has 4 nitrogen and oxygen atoms in total. The van der Waals surface area contributed by atoms with Crippen molar-refractivity contribution in [3.05, 3.63) is 69.3 Å². The molecule has 0 aliphatic rings. The molecule has 0 fully saturated rings. The first-order chi connectivity index (χ1) is 10.3. The fourth-order valence-electron chi connectivity index (χ4n) is 1.87. The molecule has 2 aromatic carbocycles. The third-order valence-corrected chi connectivity index (χ3v) is 3.04. The highest BCUT2D eigenvalue weighted by molar-refractivity contribution is 5.88. The zero-order valence-corrected chi connectivity index (χ0v) is 11.5. The van der Waals surface area contributed by atoms with Crippen molar-refractivity contribution in [2.75, 3.05) is 0 Å². The number of hydrogen-bond acceptors (Lipinski definition) is 3. The van der Waals surface area contributed by atoms with E-state index in [0.717, 1.165) is 12.1 Å². The predicted molar refractivity (Wildman–Crippen MR) is 76.5 cm³/mol. The molecule has 0 saturated heterocycles. The van der Waals surface area contributed by atoms with Crippen molar-refractivity contribution < 1.29 is 18.1 Å². The van der Waals surface area contributed by atoms with Gasteiger partial charge in [0.25, 0.3) is 5.69 Å². The number of aliphatic imine (C=N–C) groups is 1. The second-order valence-electron chi connectivity index (χ2n) is 4.57. The van der Waals surface area contributed by atoms with E-state index >= 15 is 0 Å². The highest BCUT2D eigenvalue weighted by atomic mass is 19.4. The Morgan fingerprint density at radius 2 is 1.77 bits per heavy atom. The number of halogens is 3. The van der Waals surface area contributed by atoms with Gasteiger partial charge in [-0.15, -0.1) is 0 Å². The van der Waals surface area contributed by atoms with Gasteiger partial charge >= 0.3 is 6.18 Å². The van der Waals surface area contributed by atoms with Gasteiger partial charge in [0.15, 0.2) is 0 Å². The Labute approximate surface area is 124 Å². The maximum absolute atomic E-state index is 12.5. The van der Waals surface area contributed by atoms with Crippen molar-refractivity contribution in [1.82, 2.24) is 0 Å². The summed E-state index contributed by atoms with van der Waals surface area (Å²) in [6.07, 6.45) is -3.12. The van der Waals surface area contributed by atoms with Crippen LogP contribution in [0.4, 0.5) is 24.5 Å². The van der Waals surface area contributed by atoms with Crippen molar-refractivity contribution >= 4 is 17.6 Å². The fraction of sp³-hybridized carbons (Fsp3) is 0.133. The maximum Gasteiger partial charge on any atom is 0.416 e. The van der Waals surface area contributed by atoms with E-state index in [2.05, 4.69) is 4.99 Å². The lowest BCUT2D eigenvalue weighted by molar-refractivity contribution is -0.385. The molecule has 0 heterocycles. The lowest BCUT2D eigenvalue weighted by Gasteiger charge is -2.06. The molecule has 0 saturated carbocycles. The molecular formula is C15H11F3N2O2. The van der Waals surface area contributed by atoms with Crippen LogP contribution in [0.3, 0.4) is 0 Å². The lowest BCUT2D eigenvalue weighted by atomic mass is 10.1. The van der Waals surface area contributed by atoms with Gasteiger partial charge < -0.3 is 0 Å². The van der Waals surface area contributed by atoms with Crippen LogP contribution in [0, 0.1) is 17.0 Å². The summed E-state index contributed by atoms with van der Waals surface area (Å²) >= 11 is 0. The number of benzene rings is 2. The van der Waals surface area contributed by atoms with Crippen molar-refractivity contribution in [2.24, 2.45) is 4.99 Å². The third kappa shape index (κ3) is 3.49. The Morgan fingerprint density at radius 3 is 2.32 bits per heavy atom. The van der Waals surface area contributed by atoms with E-state index in [4.69, 9.17) is 0 Å². The zero-order valence-electron chi connectivity index (χ0n) is 11.5. The predicted octanol–water partition coefficient (Wildman–Crippen LogP) is 4.67. The number of nitro groups is 1. The van der Waals surface area contributed by atoms with Gasteiger partial charge in [0.2, 0.25) is 0 Å². The standard InChI is InChI=1S/C15H11F3N2O2/c1-10-3-2-4-14(20(21)22)13(10)9-19-12-7-5-11(6-8-12)15(16,17)18/h2-9H,1H3/b19-9+. The van der Waals surface area contributed by atoms with Crippen LogP contribution in [0.1, 0.15) is 16.7 Å². The van der Waals surface area contributed by atoms with Gasteiger partial charge in [-0.25, -0.2) is 0 Å². The van der Waals surface area contributed by atoms with Crippen LogP contribution < -0.4 is 0 Å². The van der Waals surface area contributed by atoms with Gasteiger partial charge in [-0.05, 0) is 36.8 Å². The van der Waals surface area contributed by atoms with E-state index in [1.807, 2.05) is 0 Å². The molecule has 0 spiro atoms. The third-order valence-electron chi connectivity index (χ3n) is 3.04. The summed E-state index contributed by atoms with van der Waals surface area (Å²) in [4.78, 5) is 14.4. The smallest absolute Gasteiger partial charge is 0.258 e. The van der Waals surface area contributed by atoms with Gasteiger partial charge in [0.05, 0.1) is 21.7 Å². The minimum absolute atomic E-state index is 0.101. The van der Waals surface area contributed by atoms with Crippen LogP contribution in [0.5, 0.6) is 0 Å². The lowest BCUT2D eigenvalue weighted by Crippen LogP contribution is -2.03. The van der Waals surface area contributed by atoms with E-state index in [9.17, 15) is 23.3 Å². The summed E-state index contributed by atoms with van der Waals surface area (Å²) in [6, 6.07) is 8.86. The second-order valence-corrected chi connectivity index (χ2v) is 4.57. The minimum Gasteiger partial charge on any atom is -0.258 e. The Hall–Kier alpha value is -2.70. The summed E-state index contributed by atoms with van der Waals surface area (Å²) < 4.78 is 37.4. The highest BCUT2D eigenvalue weighted by Crippen LogP contribution is 2.30. The molecule has 0 unspecified atom stereocenters. The monoisotopic (exact) mass is 308 g/mol. The molecule has 0 radical (unpaired) electrons. The zero-order chi connectivity index (χ0) is 16.3. The molecule has 0 N–H and O–H groups in total. The van der Waals surface area contributed by atoms with Crippen LogP contribution in [0.25, 0.3) is 0 Å². The van der Waals surface area contributed by atoms with Crippen LogP contribution >= 0.6 is 0 Å². The van der Waals surface area contributed by atoms with Crippen LogP contribution in [0.15, 0.2) is 47.5 Å². The van der Waals surface area contributed by atoms with Crippen molar-refractivity contribution in [3.8, 4) is 0 Å². The van der Waals surface area contributed by atoms with Gasteiger partial charge in [0, 0.05) is 12.3 Å². The fourth-order valence-corrected chi connectivity index (χ4v) is 1.87. The maximum atomic E-state index is 12.5. The average Bonchev–Trinajstić information content (AvgIpc) is 2.45. The Balaban J connectivity index is 2.32. The molecule has 2 rings (SSSR count). The number of aryl methyl sites for hydroxylation is 1. The van der Waals surface area contributed by atoms with E-state index < -0.39 is 16.7 Å². The van der Waals surface area contributed by atoms with Crippen molar-refractivity contribution in [2.45, 2.75) is 13.1 Å². The number of hydrogen-bond donors (Lipinski definition) is 0. The summed E-state index contributed by atoms with van der Waals surface area (Å²) in [5, 5.41) is 11.0. The van der Waals surface area contributed by atoms with E-state index in [1.165, 1.54) is 24.4 Å². The molecule has 22 heavy (non-hydrogen) atoms. The molecule has 7 heteroatoms. The average molecular weight is 308 g/mol. The molecule has 0 bridgehead atoms. The van der Waals surface area contributed by atoms with Gasteiger partial charge in [-0.1, -0.05) is 12.1 Å². The van der Waals surface area contributed by atoms with Gasteiger partial charge in [-0.2, -0.15) is 13.2 Å². The molecule has 0 aromatic heterocycles. The summed E-state index contributed by atoms with van der Waals surface area (Å²) in [7, 11) is 0. The number of nitro benzene ring substituents is 1. The van der Waals surface area contributed by atoms with Crippen molar-refractivity contribution in [3.63, 3.8) is 0 Å². The second kappa shape index (κ2) is 5.97. The molecule has 0 amide bonds. The molecule has 2 aromatic rings. The summed E-state index contributed by atoms with van der Waals surface area (Å²) in [5.74, 6) is 0. The van der Waals surface area contributed by atoms with Crippen LogP contribution in [0.2, 0.25) is 0 Å². The molecule has 0 aliphatic carbocycles.